The number of carbonyl (C=O) groups is 1. The third-order valence-corrected chi connectivity index (χ3v) is 0.680. The summed E-state index contributed by atoms with van der Waals surface area (Å²) in [6.45, 7) is 0. The van der Waals surface area contributed by atoms with Crippen LogP contribution in [0.15, 0.2) is 18.3 Å². The van der Waals surface area contributed by atoms with E-state index < -0.39 is 0 Å². The fourth-order valence-corrected chi connectivity index (χ4v) is 0.373. The summed E-state index contributed by atoms with van der Waals surface area (Å²) in [4.78, 5) is 9.80. The lowest BCUT2D eigenvalue weighted by Gasteiger charge is -1.76. The smallest absolute Gasteiger partial charge is 0.218 e. The molecule has 1 aromatic rings. The maximum atomic E-state index is 9.80. The first-order valence-electron chi connectivity index (χ1n) is 1.93. The van der Waals surface area contributed by atoms with Crippen LogP contribution in [0.5, 0.6) is 0 Å². The molecular weight excluding hydrogens is 90.1 g/mol. The van der Waals surface area contributed by atoms with E-state index in [1.54, 1.807) is 18.3 Å². The second-order valence-corrected chi connectivity index (χ2v) is 1.15. The van der Waals surface area contributed by atoms with Crippen LogP contribution in [0, 0.1) is 6.20 Å². The minimum Gasteiger partial charge on any atom is -0.288 e. The zero-order valence-electron chi connectivity index (χ0n) is 3.66. The van der Waals surface area contributed by atoms with E-state index in [1.807, 2.05) is 0 Å². The second kappa shape index (κ2) is 1.60. The number of nitrogens with zero attached hydrogens (tertiary/aromatic N) is 1. The summed E-state index contributed by atoms with van der Waals surface area (Å²) in [7, 11) is 0. The summed E-state index contributed by atoms with van der Waals surface area (Å²) in [5.74, 6) is 0. The highest BCUT2D eigenvalue weighted by Gasteiger charge is 1.77. The van der Waals surface area contributed by atoms with Crippen LogP contribution in [-0.2, 0) is 4.79 Å². The molecule has 0 aliphatic rings. The summed E-state index contributed by atoms with van der Waals surface area (Å²) in [6, 6.07) is 3.42. The first-order chi connectivity index (χ1) is 3.43. The van der Waals surface area contributed by atoms with Gasteiger partial charge in [-0.05, 0) is 12.1 Å². The van der Waals surface area contributed by atoms with Gasteiger partial charge in [-0.1, -0.05) is 0 Å². The molecule has 0 aliphatic heterocycles. The average molecular weight is 94.1 g/mol. The first kappa shape index (κ1) is 4.12. The van der Waals surface area contributed by atoms with E-state index in [-0.39, 0.29) is 0 Å². The molecule has 0 unspecified atom stereocenters. The highest BCUT2D eigenvalue weighted by atomic mass is 16.1. The van der Waals surface area contributed by atoms with Crippen molar-refractivity contribution < 1.29 is 4.79 Å². The summed E-state index contributed by atoms with van der Waals surface area (Å²) in [6.07, 6.45) is 4.96. The third-order valence-electron chi connectivity index (χ3n) is 0.680. The van der Waals surface area contributed by atoms with Crippen LogP contribution in [0.25, 0.3) is 0 Å². The molecule has 0 N–H and O–H groups in total. The van der Waals surface area contributed by atoms with E-state index in [0.29, 0.717) is 6.41 Å². The zero-order chi connectivity index (χ0) is 5.11. The van der Waals surface area contributed by atoms with Crippen molar-refractivity contribution in [2.24, 2.45) is 0 Å². The Bertz CT molecular complexity index is 143. The highest BCUT2D eigenvalue weighted by molar-refractivity contribution is 5.51. The molecule has 0 bridgehead atoms. The van der Waals surface area contributed by atoms with E-state index in [4.69, 9.17) is 0 Å². The summed E-state index contributed by atoms with van der Waals surface area (Å²) >= 11 is 0. The molecule has 1 rings (SSSR count). The van der Waals surface area contributed by atoms with Gasteiger partial charge in [0.05, 0.1) is 6.20 Å². The second-order valence-electron chi connectivity index (χ2n) is 1.15. The topological polar surface area (TPSA) is 22.0 Å². The molecule has 0 saturated carbocycles. The van der Waals surface area contributed by atoms with Crippen molar-refractivity contribution in [3.63, 3.8) is 0 Å². The van der Waals surface area contributed by atoms with Gasteiger partial charge in [0.15, 0.2) is 0 Å². The van der Waals surface area contributed by atoms with E-state index >= 15 is 0 Å². The van der Waals surface area contributed by atoms with Gasteiger partial charge in [-0.15, -0.1) is 0 Å². The molecule has 1 radical (unpaired) electrons. The van der Waals surface area contributed by atoms with Crippen LogP contribution in [0.3, 0.4) is 0 Å². The summed E-state index contributed by atoms with van der Waals surface area (Å²) in [5, 5.41) is 0. The molecule has 0 atom stereocenters. The van der Waals surface area contributed by atoms with Crippen LogP contribution in [0.4, 0.5) is 0 Å². The molecular formula is C5H4NO. The number of hydrogen-bond acceptors (Lipinski definition) is 1. The minimum absolute atomic E-state index is 0.694. The van der Waals surface area contributed by atoms with Gasteiger partial charge in [0.1, 0.15) is 0 Å². The predicted molar refractivity (Wildman–Crippen MR) is 25.4 cm³/mol. The standard InChI is InChI=1S/C5H4NO/c7-5-6-3-1-2-4-6/h1-3,5H. The Morgan fingerprint density at radius 2 is 2.57 bits per heavy atom. The van der Waals surface area contributed by atoms with Crippen molar-refractivity contribution >= 4 is 6.41 Å². The van der Waals surface area contributed by atoms with Crippen LogP contribution in [0.2, 0.25) is 0 Å². The predicted octanol–water partition coefficient (Wildman–Crippen LogP) is 0.327. The van der Waals surface area contributed by atoms with Gasteiger partial charge in [0.25, 0.3) is 0 Å². The van der Waals surface area contributed by atoms with Crippen molar-refractivity contribution in [2.75, 3.05) is 0 Å². The molecule has 7 heavy (non-hydrogen) atoms. The molecule has 0 aromatic carbocycles. The largest absolute Gasteiger partial charge is 0.288 e. The highest BCUT2D eigenvalue weighted by Crippen LogP contribution is 1.79. The van der Waals surface area contributed by atoms with Crippen molar-refractivity contribution in [1.82, 2.24) is 4.57 Å². The molecule has 0 spiro atoms. The van der Waals surface area contributed by atoms with E-state index in [1.165, 1.54) is 4.57 Å². The van der Waals surface area contributed by atoms with Gasteiger partial charge >= 0.3 is 0 Å². The summed E-state index contributed by atoms with van der Waals surface area (Å²) < 4.78 is 1.32. The average Bonchev–Trinajstić information content (AvgIpc) is 2.14. The number of rotatable bonds is 1. The van der Waals surface area contributed by atoms with Gasteiger partial charge in [-0.2, -0.15) is 0 Å². The Hall–Kier alpha value is -1.05. The molecule has 1 heterocycles. The number of aromatic nitrogens is 1. The van der Waals surface area contributed by atoms with Crippen molar-refractivity contribution in [2.45, 2.75) is 0 Å². The molecule has 0 saturated heterocycles. The molecule has 1 aromatic heterocycles. The maximum Gasteiger partial charge on any atom is 0.218 e. The zero-order valence-corrected chi connectivity index (χ0v) is 3.66. The molecule has 0 amide bonds. The van der Waals surface area contributed by atoms with Crippen molar-refractivity contribution in [3.8, 4) is 0 Å². The fraction of sp³-hybridized carbons (Fsp3) is 0. The van der Waals surface area contributed by atoms with E-state index in [0.717, 1.165) is 0 Å². The molecule has 2 nitrogen and oxygen atoms in total. The molecule has 0 fully saturated rings. The van der Waals surface area contributed by atoms with E-state index in [9.17, 15) is 4.79 Å². The Morgan fingerprint density at radius 3 is 2.86 bits per heavy atom. The van der Waals surface area contributed by atoms with Gasteiger partial charge < -0.3 is 0 Å². The van der Waals surface area contributed by atoms with E-state index in [2.05, 4.69) is 6.20 Å². The van der Waals surface area contributed by atoms with Gasteiger partial charge in [0, 0.05) is 6.20 Å². The molecule has 0 aliphatic carbocycles. The lowest BCUT2D eigenvalue weighted by molar-refractivity contribution is 0.547. The quantitative estimate of drug-likeness (QED) is 0.459. The van der Waals surface area contributed by atoms with Crippen molar-refractivity contribution in [1.29, 1.82) is 0 Å². The van der Waals surface area contributed by atoms with Crippen LogP contribution >= 0.6 is 0 Å². The van der Waals surface area contributed by atoms with Gasteiger partial charge in [-0.25, -0.2) is 0 Å². The normalized spacial score (nSPS) is 8.57. The monoisotopic (exact) mass is 94.0 g/mol. The first-order valence-corrected chi connectivity index (χ1v) is 1.93. The SMILES string of the molecule is O=Cn1[c]ccc1. The van der Waals surface area contributed by atoms with Crippen molar-refractivity contribution in [3.05, 3.63) is 24.5 Å². The van der Waals surface area contributed by atoms with Gasteiger partial charge in [0.2, 0.25) is 6.41 Å². The number of hydrogen-bond donors (Lipinski definition) is 0. The third kappa shape index (κ3) is 0.682. The lowest BCUT2D eigenvalue weighted by atomic mass is 10.7. The van der Waals surface area contributed by atoms with Crippen LogP contribution in [0.1, 0.15) is 0 Å². The number of carbonyl (C=O) groups excluding carboxylic acids is 1. The lowest BCUT2D eigenvalue weighted by Crippen LogP contribution is -1.86. The Morgan fingerprint density at radius 1 is 1.71 bits per heavy atom. The summed E-state index contributed by atoms with van der Waals surface area (Å²) in [5.41, 5.74) is 0. The Kier molecular flexibility index (Phi) is 0.941. The van der Waals surface area contributed by atoms with Crippen LogP contribution < -0.4 is 0 Å². The van der Waals surface area contributed by atoms with Gasteiger partial charge in [-0.3, -0.25) is 9.36 Å². The Balaban J connectivity index is 2.96. The maximum absolute atomic E-state index is 9.80. The van der Waals surface area contributed by atoms with Crippen LogP contribution in [-0.4, -0.2) is 11.0 Å². The fourth-order valence-electron chi connectivity index (χ4n) is 0.373. The molecule has 35 valence electrons. The Labute approximate surface area is 41.4 Å². The minimum atomic E-state index is 0.694. The molecule has 2 heteroatoms.